The lowest BCUT2D eigenvalue weighted by Crippen LogP contribution is -2.41. The minimum atomic E-state index is -0.404. The zero-order valence-electron chi connectivity index (χ0n) is 13.9. The number of benzene rings is 1. The van der Waals surface area contributed by atoms with Crippen molar-refractivity contribution in [2.75, 3.05) is 18.0 Å². The van der Waals surface area contributed by atoms with Gasteiger partial charge in [0, 0.05) is 31.1 Å². The molecule has 2 aromatic rings. The summed E-state index contributed by atoms with van der Waals surface area (Å²) < 4.78 is 1.86. The smallest absolute Gasteiger partial charge is 0.249 e. The zero-order chi connectivity index (χ0) is 17.4. The molecule has 1 atom stereocenters. The van der Waals surface area contributed by atoms with E-state index in [1.165, 1.54) is 0 Å². The number of imide groups is 1. The van der Waals surface area contributed by atoms with Gasteiger partial charge in [0.15, 0.2) is 0 Å². The summed E-state index contributed by atoms with van der Waals surface area (Å²) in [5.74, 6) is -0.328. The molecule has 2 saturated heterocycles. The van der Waals surface area contributed by atoms with E-state index in [1.807, 2.05) is 22.8 Å². The predicted octanol–water partition coefficient (Wildman–Crippen LogP) is 1.43. The molecule has 2 amide bonds. The monoisotopic (exact) mass is 340 g/mol. The second-order valence-electron chi connectivity index (χ2n) is 6.75. The van der Waals surface area contributed by atoms with Crippen LogP contribution in [-0.4, -0.2) is 40.7 Å². The number of fused-ring (bicyclic) bond motifs is 1. The van der Waals surface area contributed by atoms with E-state index < -0.39 is 6.04 Å². The van der Waals surface area contributed by atoms with Crippen LogP contribution >= 0.6 is 0 Å². The Bertz CT molecular complexity index is 836. The van der Waals surface area contributed by atoms with E-state index in [4.69, 9.17) is 0 Å². The fraction of sp³-hybridized carbons (Fsp3) is 0.444. The Morgan fingerprint density at radius 1 is 1.16 bits per heavy atom. The maximum absolute atomic E-state index is 12.2. The number of hydrogen-bond donors (Lipinski definition) is 1. The van der Waals surface area contributed by atoms with E-state index in [0.29, 0.717) is 12.8 Å². The minimum Gasteiger partial charge on any atom is -0.371 e. The van der Waals surface area contributed by atoms with Crippen molar-refractivity contribution in [3.8, 4) is 0 Å². The first-order valence-corrected chi connectivity index (χ1v) is 8.66. The van der Waals surface area contributed by atoms with Crippen molar-refractivity contribution in [3.05, 3.63) is 24.5 Å². The van der Waals surface area contributed by atoms with Gasteiger partial charge in [-0.1, -0.05) is 0 Å². The largest absolute Gasteiger partial charge is 0.371 e. The minimum absolute atomic E-state index is 0.161. The van der Waals surface area contributed by atoms with Gasteiger partial charge in [-0.15, -0.1) is 0 Å². The van der Waals surface area contributed by atoms with Crippen LogP contribution in [0.25, 0.3) is 11.0 Å². The molecule has 0 bridgehead atoms. The van der Waals surface area contributed by atoms with E-state index in [9.17, 15) is 14.4 Å². The number of amides is 2. The van der Waals surface area contributed by atoms with Crippen molar-refractivity contribution >= 4 is 34.8 Å². The molecule has 0 radical (unpaired) electrons. The van der Waals surface area contributed by atoms with Gasteiger partial charge in [0.1, 0.15) is 12.3 Å². The Morgan fingerprint density at radius 3 is 2.68 bits per heavy atom. The molecular weight excluding hydrogens is 320 g/mol. The molecule has 0 aliphatic carbocycles. The highest BCUT2D eigenvalue weighted by Gasteiger charge is 2.29. The molecule has 130 valence electrons. The third-order valence-electron chi connectivity index (χ3n) is 5.20. The predicted molar refractivity (Wildman–Crippen MR) is 92.2 cm³/mol. The molecule has 4 rings (SSSR count). The SMILES string of the molecule is O=CC1CCN(c2ccc3ncn(C4CCC(=O)NC4=O)c3c2)CC1. The summed E-state index contributed by atoms with van der Waals surface area (Å²) in [7, 11) is 0. The molecule has 1 aromatic heterocycles. The molecule has 0 spiro atoms. The molecule has 1 N–H and O–H groups in total. The van der Waals surface area contributed by atoms with Crippen LogP contribution in [0.3, 0.4) is 0 Å². The van der Waals surface area contributed by atoms with Crippen molar-refractivity contribution in [1.29, 1.82) is 0 Å². The summed E-state index contributed by atoms with van der Waals surface area (Å²) in [5.41, 5.74) is 2.80. The molecule has 7 nitrogen and oxygen atoms in total. The molecule has 25 heavy (non-hydrogen) atoms. The summed E-state index contributed by atoms with van der Waals surface area (Å²) >= 11 is 0. The van der Waals surface area contributed by atoms with E-state index in [1.54, 1.807) is 6.33 Å². The average molecular weight is 340 g/mol. The van der Waals surface area contributed by atoms with Crippen LogP contribution in [-0.2, 0) is 14.4 Å². The number of carbonyl (C=O) groups is 3. The van der Waals surface area contributed by atoms with Gasteiger partial charge in [-0.25, -0.2) is 4.98 Å². The van der Waals surface area contributed by atoms with Crippen molar-refractivity contribution in [3.63, 3.8) is 0 Å². The van der Waals surface area contributed by atoms with Gasteiger partial charge < -0.3 is 14.3 Å². The van der Waals surface area contributed by atoms with Gasteiger partial charge in [-0.05, 0) is 37.5 Å². The lowest BCUT2D eigenvalue weighted by molar-refractivity contribution is -0.135. The number of aromatic nitrogens is 2. The summed E-state index contributed by atoms with van der Waals surface area (Å²) in [5, 5.41) is 2.40. The topological polar surface area (TPSA) is 84.3 Å². The first-order chi connectivity index (χ1) is 12.2. The summed E-state index contributed by atoms with van der Waals surface area (Å²) in [4.78, 5) is 41.1. The van der Waals surface area contributed by atoms with Gasteiger partial charge in [-0.3, -0.25) is 14.9 Å². The van der Waals surface area contributed by atoms with Crippen molar-refractivity contribution < 1.29 is 14.4 Å². The standard InChI is InChI=1S/C18H20N4O3/c23-10-12-5-7-21(8-6-12)13-1-2-14-16(9-13)22(11-19-14)15-3-4-17(24)20-18(15)25/h1-2,9-12,15H,3-8H2,(H,20,24,25). The Hall–Kier alpha value is -2.70. The Balaban J connectivity index is 1.63. The molecule has 0 saturated carbocycles. The Labute approximate surface area is 145 Å². The molecule has 7 heteroatoms. The van der Waals surface area contributed by atoms with Crippen molar-refractivity contribution in [1.82, 2.24) is 14.9 Å². The van der Waals surface area contributed by atoms with Gasteiger partial charge in [0.25, 0.3) is 0 Å². The molecular formula is C18H20N4O3. The second kappa shape index (κ2) is 6.31. The van der Waals surface area contributed by atoms with E-state index in [-0.39, 0.29) is 17.7 Å². The number of hydrogen-bond acceptors (Lipinski definition) is 5. The van der Waals surface area contributed by atoms with Crippen LogP contribution in [0.2, 0.25) is 0 Å². The highest BCUT2D eigenvalue weighted by Crippen LogP contribution is 2.29. The summed E-state index contributed by atoms with van der Waals surface area (Å²) in [6.45, 7) is 1.70. The lowest BCUT2D eigenvalue weighted by atomic mass is 9.98. The number of carbonyl (C=O) groups excluding carboxylic acids is 3. The van der Waals surface area contributed by atoms with E-state index >= 15 is 0 Å². The van der Waals surface area contributed by atoms with Crippen LogP contribution in [0.1, 0.15) is 31.7 Å². The number of anilines is 1. The summed E-state index contributed by atoms with van der Waals surface area (Å²) in [6, 6.07) is 5.64. The van der Waals surface area contributed by atoms with Crippen LogP contribution in [0.4, 0.5) is 5.69 Å². The maximum Gasteiger partial charge on any atom is 0.249 e. The molecule has 2 fully saturated rings. The Morgan fingerprint density at radius 2 is 1.96 bits per heavy atom. The fourth-order valence-electron chi connectivity index (χ4n) is 3.70. The summed E-state index contributed by atoms with van der Waals surface area (Å²) in [6.07, 6.45) is 5.30. The van der Waals surface area contributed by atoms with Crippen LogP contribution in [0, 0.1) is 5.92 Å². The molecule has 1 unspecified atom stereocenters. The quantitative estimate of drug-likeness (QED) is 0.675. The van der Waals surface area contributed by atoms with E-state index in [2.05, 4.69) is 15.2 Å². The highest BCUT2D eigenvalue weighted by atomic mass is 16.2. The lowest BCUT2D eigenvalue weighted by Gasteiger charge is -2.31. The van der Waals surface area contributed by atoms with E-state index in [0.717, 1.165) is 48.9 Å². The third kappa shape index (κ3) is 2.90. The van der Waals surface area contributed by atoms with Gasteiger partial charge >= 0.3 is 0 Å². The van der Waals surface area contributed by atoms with Crippen molar-refractivity contribution in [2.45, 2.75) is 31.7 Å². The van der Waals surface area contributed by atoms with Gasteiger partial charge in [0.2, 0.25) is 11.8 Å². The molecule has 2 aliphatic heterocycles. The number of rotatable bonds is 3. The van der Waals surface area contributed by atoms with Gasteiger partial charge in [0.05, 0.1) is 17.4 Å². The number of piperidine rings is 2. The van der Waals surface area contributed by atoms with Crippen molar-refractivity contribution in [2.24, 2.45) is 5.92 Å². The maximum atomic E-state index is 12.2. The average Bonchev–Trinajstić information content (AvgIpc) is 3.05. The number of aldehydes is 1. The second-order valence-corrected chi connectivity index (χ2v) is 6.75. The fourth-order valence-corrected chi connectivity index (χ4v) is 3.70. The number of imidazole rings is 1. The molecule has 3 heterocycles. The van der Waals surface area contributed by atoms with Gasteiger partial charge in [-0.2, -0.15) is 0 Å². The number of nitrogens with one attached hydrogen (secondary N) is 1. The normalized spacial score (nSPS) is 22.2. The first kappa shape index (κ1) is 15.8. The first-order valence-electron chi connectivity index (χ1n) is 8.66. The highest BCUT2D eigenvalue weighted by molar-refractivity contribution is 6.00. The molecule has 2 aliphatic rings. The Kier molecular flexibility index (Phi) is 3.99. The van der Waals surface area contributed by atoms with Crippen LogP contribution in [0.5, 0.6) is 0 Å². The number of nitrogens with zero attached hydrogens (tertiary/aromatic N) is 3. The zero-order valence-corrected chi connectivity index (χ0v) is 13.9. The van der Waals surface area contributed by atoms with Crippen LogP contribution < -0.4 is 10.2 Å². The van der Waals surface area contributed by atoms with Crippen LogP contribution in [0.15, 0.2) is 24.5 Å². The third-order valence-corrected chi connectivity index (χ3v) is 5.20. The molecule has 1 aromatic carbocycles.